The van der Waals surface area contributed by atoms with E-state index in [-0.39, 0.29) is 0 Å². The zero-order valence-corrected chi connectivity index (χ0v) is 10.2. The molecule has 1 N–H and O–H groups in total. The summed E-state index contributed by atoms with van der Waals surface area (Å²) in [5.41, 5.74) is 0. The van der Waals surface area contributed by atoms with Gasteiger partial charge in [-0.2, -0.15) is 4.98 Å². The number of rotatable bonds is 8. The van der Waals surface area contributed by atoms with E-state index in [9.17, 15) is 0 Å². The van der Waals surface area contributed by atoms with Crippen molar-refractivity contribution in [3.05, 3.63) is 12.3 Å². The molecule has 1 aromatic rings. The summed E-state index contributed by atoms with van der Waals surface area (Å²) in [4.78, 5) is 8.41. The third-order valence-electron chi connectivity index (χ3n) is 2.15. The highest BCUT2D eigenvalue weighted by molar-refractivity contribution is 5.27. The molecule has 0 aliphatic heterocycles. The van der Waals surface area contributed by atoms with Gasteiger partial charge in [0, 0.05) is 18.8 Å². The maximum absolute atomic E-state index is 5.43. The Balaban J connectivity index is 2.35. The number of hydrogen-bond donors (Lipinski definition) is 1. The summed E-state index contributed by atoms with van der Waals surface area (Å²) < 4.78 is 5.43. The molecular weight excluding hydrogens is 202 g/mol. The molecule has 0 atom stereocenters. The maximum atomic E-state index is 5.43. The Bertz CT molecular complexity index is 291. The van der Waals surface area contributed by atoms with Crippen LogP contribution in [-0.4, -0.2) is 23.1 Å². The molecule has 1 heterocycles. The molecule has 0 saturated carbocycles. The number of hydrogen-bond acceptors (Lipinski definition) is 4. The fourth-order valence-corrected chi connectivity index (χ4v) is 1.29. The van der Waals surface area contributed by atoms with Crippen LogP contribution in [0.15, 0.2) is 12.3 Å². The smallest absolute Gasteiger partial charge is 0.225 e. The van der Waals surface area contributed by atoms with Gasteiger partial charge in [-0.1, -0.05) is 26.7 Å². The maximum Gasteiger partial charge on any atom is 0.225 e. The van der Waals surface area contributed by atoms with E-state index >= 15 is 0 Å². The Morgan fingerprint density at radius 2 is 2.12 bits per heavy atom. The summed E-state index contributed by atoms with van der Waals surface area (Å²) in [5.74, 6) is 1.31. The van der Waals surface area contributed by atoms with Gasteiger partial charge in [0.05, 0.1) is 6.61 Å². The first-order valence-corrected chi connectivity index (χ1v) is 6.06. The summed E-state index contributed by atoms with van der Waals surface area (Å²) in [6.45, 7) is 5.89. The van der Waals surface area contributed by atoms with Crippen molar-refractivity contribution < 1.29 is 4.74 Å². The molecule has 0 bridgehead atoms. The van der Waals surface area contributed by atoms with Crippen LogP contribution in [0.4, 0.5) is 5.95 Å². The second-order valence-electron chi connectivity index (χ2n) is 3.70. The lowest BCUT2D eigenvalue weighted by Gasteiger charge is -2.06. The fraction of sp³-hybridized carbons (Fsp3) is 0.667. The van der Waals surface area contributed by atoms with Gasteiger partial charge >= 0.3 is 0 Å². The third kappa shape index (κ3) is 4.96. The lowest BCUT2D eigenvalue weighted by Crippen LogP contribution is -2.06. The van der Waals surface area contributed by atoms with Crippen LogP contribution in [0, 0.1) is 0 Å². The Labute approximate surface area is 97.5 Å². The molecule has 4 nitrogen and oxygen atoms in total. The lowest BCUT2D eigenvalue weighted by atomic mass is 10.2. The summed E-state index contributed by atoms with van der Waals surface area (Å²) in [7, 11) is 0. The molecular formula is C12H21N3O. The Morgan fingerprint density at radius 1 is 1.25 bits per heavy atom. The quantitative estimate of drug-likeness (QED) is 0.688. The van der Waals surface area contributed by atoms with Crippen LogP contribution in [0.25, 0.3) is 0 Å². The predicted octanol–water partition coefficient (Wildman–Crippen LogP) is 2.87. The summed E-state index contributed by atoms with van der Waals surface area (Å²) >= 11 is 0. The first-order chi connectivity index (χ1) is 7.86. The second kappa shape index (κ2) is 7.91. The van der Waals surface area contributed by atoms with Crippen molar-refractivity contribution in [3.8, 4) is 5.88 Å². The van der Waals surface area contributed by atoms with Crippen molar-refractivity contribution in [2.75, 3.05) is 18.5 Å². The van der Waals surface area contributed by atoms with E-state index in [1.165, 1.54) is 12.8 Å². The average molecular weight is 223 g/mol. The molecule has 0 aliphatic rings. The van der Waals surface area contributed by atoms with E-state index in [0.29, 0.717) is 18.4 Å². The van der Waals surface area contributed by atoms with E-state index in [4.69, 9.17) is 4.74 Å². The SMILES string of the molecule is CCCCCNc1nccc(OCCC)n1. The van der Waals surface area contributed by atoms with Gasteiger partial charge in [0.25, 0.3) is 0 Å². The minimum absolute atomic E-state index is 0.648. The van der Waals surface area contributed by atoms with Crippen LogP contribution in [-0.2, 0) is 0 Å². The zero-order valence-electron chi connectivity index (χ0n) is 10.2. The van der Waals surface area contributed by atoms with Gasteiger partial charge in [-0.3, -0.25) is 0 Å². The van der Waals surface area contributed by atoms with Gasteiger partial charge in [0.1, 0.15) is 0 Å². The minimum atomic E-state index is 0.648. The number of ether oxygens (including phenoxy) is 1. The van der Waals surface area contributed by atoms with Crippen LogP contribution in [0.3, 0.4) is 0 Å². The fourth-order valence-electron chi connectivity index (χ4n) is 1.29. The van der Waals surface area contributed by atoms with Crippen LogP contribution in [0.2, 0.25) is 0 Å². The minimum Gasteiger partial charge on any atom is -0.478 e. The largest absolute Gasteiger partial charge is 0.478 e. The van der Waals surface area contributed by atoms with Gasteiger partial charge in [0.15, 0.2) is 0 Å². The van der Waals surface area contributed by atoms with Gasteiger partial charge in [-0.05, 0) is 12.8 Å². The monoisotopic (exact) mass is 223 g/mol. The zero-order chi connectivity index (χ0) is 11.6. The molecule has 4 heteroatoms. The number of anilines is 1. The second-order valence-corrected chi connectivity index (χ2v) is 3.70. The molecule has 0 aromatic carbocycles. The Morgan fingerprint density at radius 3 is 2.88 bits per heavy atom. The van der Waals surface area contributed by atoms with Crippen molar-refractivity contribution in [2.24, 2.45) is 0 Å². The van der Waals surface area contributed by atoms with E-state index in [2.05, 4.69) is 29.1 Å². The van der Waals surface area contributed by atoms with E-state index in [1.54, 1.807) is 12.3 Å². The average Bonchev–Trinajstić information content (AvgIpc) is 2.33. The standard InChI is InChI=1S/C12H21N3O/c1-3-5-6-8-13-12-14-9-7-11(15-12)16-10-4-2/h7,9H,3-6,8,10H2,1-2H3,(H,13,14,15). The van der Waals surface area contributed by atoms with Gasteiger partial charge in [0.2, 0.25) is 11.8 Å². The molecule has 0 fully saturated rings. The normalized spacial score (nSPS) is 10.1. The Kier molecular flexibility index (Phi) is 6.30. The van der Waals surface area contributed by atoms with Gasteiger partial charge in [-0.15, -0.1) is 0 Å². The molecule has 0 spiro atoms. The number of nitrogens with one attached hydrogen (secondary N) is 1. The first-order valence-electron chi connectivity index (χ1n) is 6.06. The Hall–Kier alpha value is -1.32. The molecule has 16 heavy (non-hydrogen) atoms. The van der Waals surface area contributed by atoms with Gasteiger partial charge < -0.3 is 10.1 Å². The lowest BCUT2D eigenvalue weighted by molar-refractivity contribution is 0.305. The van der Waals surface area contributed by atoms with Crippen LogP contribution in [0.5, 0.6) is 5.88 Å². The van der Waals surface area contributed by atoms with Crippen LogP contribution < -0.4 is 10.1 Å². The van der Waals surface area contributed by atoms with Crippen molar-refractivity contribution in [3.63, 3.8) is 0 Å². The van der Waals surface area contributed by atoms with Crippen LogP contribution >= 0.6 is 0 Å². The third-order valence-corrected chi connectivity index (χ3v) is 2.15. The highest BCUT2D eigenvalue weighted by Gasteiger charge is 1.98. The molecule has 0 radical (unpaired) electrons. The van der Waals surface area contributed by atoms with Crippen molar-refractivity contribution in [1.29, 1.82) is 0 Å². The first kappa shape index (κ1) is 12.7. The van der Waals surface area contributed by atoms with E-state index < -0.39 is 0 Å². The van der Waals surface area contributed by atoms with E-state index in [0.717, 1.165) is 19.4 Å². The number of unbranched alkanes of at least 4 members (excludes halogenated alkanes) is 2. The molecule has 1 rings (SSSR count). The van der Waals surface area contributed by atoms with Crippen LogP contribution in [0.1, 0.15) is 39.5 Å². The van der Waals surface area contributed by atoms with Crippen molar-refractivity contribution in [1.82, 2.24) is 9.97 Å². The molecule has 0 unspecified atom stereocenters. The number of aromatic nitrogens is 2. The molecule has 0 amide bonds. The highest BCUT2D eigenvalue weighted by atomic mass is 16.5. The molecule has 90 valence electrons. The topological polar surface area (TPSA) is 47.0 Å². The van der Waals surface area contributed by atoms with Crippen molar-refractivity contribution in [2.45, 2.75) is 39.5 Å². The summed E-state index contributed by atoms with van der Waals surface area (Å²) in [5, 5.41) is 3.19. The summed E-state index contributed by atoms with van der Waals surface area (Å²) in [6.07, 6.45) is 6.32. The van der Waals surface area contributed by atoms with Crippen molar-refractivity contribution >= 4 is 5.95 Å². The predicted molar refractivity (Wildman–Crippen MR) is 65.8 cm³/mol. The number of nitrogens with zero attached hydrogens (tertiary/aromatic N) is 2. The highest BCUT2D eigenvalue weighted by Crippen LogP contribution is 2.08. The van der Waals surface area contributed by atoms with Gasteiger partial charge in [-0.25, -0.2) is 4.98 Å². The summed E-state index contributed by atoms with van der Waals surface area (Å²) in [6, 6.07) is 1.78. The van der Waals surface area contributed by atoms with E-state index in [1.807, 2.05) is 0 Å². The molecule has 1 aromatic heterocycles. The molecule has 0 aliphatic carbocycles. The molecule has 0 saturated heterocycles.